The van der Waals surface area contributed by atoms with Crippen molar-refractivity contribution in [1.29, 1.82) is 0 Å². The predicted octanol–water partition coefficient (Wildman–Crippen LogP) is 1.76. The summed E-state index contributed by atoms with van der Waals surface area (Å²) in [7, 11) is 0. The van der Waals surface area contributed by atoms with E-state index < -0.39 is 5.97 Å². The van der Waals surface area contributed by atoms with Gasteiger partial charge in [-0.1, -0.05) is 25.9 Å². The van der Waals surface area contributed by atoms with E-state index in [0.717, 1.165) is 6.42 Å². The van der Waals surface area contributed by atoms with E-state index in [1.54, 1.807) is 6.21 Å². The maximum Gasteiger partial charge on any atom is 0.307 e. The molecule has 1 aliphatic rings. The van der Waals surface area contributed by atoms with E-state index in [-0.39, 0.29) is 17.3 Å². The van der Waals surface area contributed by atoms with Crippen molar-refractivity contribution in [2.45, 2.75) is 27.2 Å². The highest BCUT2D eigenvalue weighted by molar-refractivity contribution is 5.84. The lowest BCUT2D eigenvalue weighted by molar-refractivity contribution is -0.139. The van der Waals surface area contributed by atoms with Crippen LogP contribution in [0.25, 0.3) is 0 Å². The normalized spacial score (nSPS) is 29.1. The van der Waals surface area contributed by atoms with Crippen molar-refractivity contribution in [3.63, 3.8) is 0 Å². The van der Waals surface area contributed by atoms with Gasteiger partial charge in [0.05, 0.1) is 5.92 Å². The van der Waals surface area contributed by atoms with E-state index in [0.29, 0.717) is 6.61 Å². The van der Waals surface area contributed by atoms with Crippen molar-refractivity contribution in [2.75, 3.05) is 6.61 Å². The maximum atomic E-state index is 10.8. The monoisotopic (exact) mass is 199 g/mol. The number of carboxylic acids is 1. The van der Waals surface area contributed by atoms with Gasteiger partial charge in [-0.25, -0.2) is 0 Å². The molecule has 0 aromatic rings. The summed E-state index contributed by atoms with van der Waals surface area (Å²) in [5.74, 6) is -1.05. The van der Waals surface area contributed by atoms with Gasteiger partial charge in [0.25, 0.3) is 0 Å². The van der Waals surface area contributed by atoms with E-state index in [2.05, 4.69) is 5.16 Å². The Morgan fingerprint density at radius 1 is 1.64 bits per heavy atom. The zero-order valence-electron chi connectivity index (χ0n) is 8.86. The largest absolute Gasteiger partial charge is 0.481 e. The second kappa shape index (κ2) is 3.98. The Bertz CT molecular complexity index is 248. The fourth-order valence-electron chi connectivity index (χ4n) is 1.68. The SMILES string of the molecule is CCCON=C[C@H]1[C@@H](C(=O)O)C1(C)C. The third-order valence-electron chi connectivity index (χ3n) is 2.77. The van der Waals surface area contributed by atoms with E-state index in [9.17, 15) is 4.79 Å². The van der Waals surface area contributed by atoms with E-state index >= 15 is 0 Å². The number of carboxylic acid groups (broad SMARTS) is 1. The number of nitrogens with zero attached hydrogens (tertiary/aromatic N) is 1. The average molecular weight is 199 g/mol. The molecule has 4 nitrogen and oxygen atoms in total. The molecule has 0 aromatic carbocycles. The van der Waals surface area contributed by atoms with Gasteiger partial charge in [-0.3, -0.25) is 4.79 Å². The standard InChI is InChI=1S/C10H17NO3/c1-4-5-14-11-6-7-8(9(12)13)10(7,2)3/h6-8H,4-5H2,1-3H3,(H,12,13)/t7-,8-/m0/s1. The van der Waals surface area contributed by atoms with Crippen LogP contribution in [0.4, 0.5) is 0 Å². The molecule has 0 heterocycles. The molecule has 14 heavy (non-hydrogen) atoms. The highest BCUT2D eigenvalue weighted by Crippen LogP contribution is 2.57. The van der Waals surface area contributed by atoms with Crippen LogP contribution in [-0.2, 0) is 9.63 Å². The van der Waals surface area contributed by atoms with Crippen LogP contribution in [0.5, 0.6) is 0 Å². The first kappa shape index (κ1) is 11.0. The molecule has 0 saturated heterocycles. The smallest absolute Gasteiger partial charge is 0.307 e. The maximum absolute atomic E-state index is 10.8. The third-order valence-corrected chi connectivity index (χ3v) is 2.77. The minimum absolute atomic E-state index is 0.0110. The molecule has 1 fully saturated rings. The van der Waals surface area contributed by atoms with Crippen molar-refractivity contribution in [3.8, 4) is 0 Å². The van der Waals surface area contributed by atoms with Crippen LogP contribution in [0.3, 0.4) is 0 Å². The van der Waals surface area contributed by atoms with Gasteiger partial charge in [-0.2, -0.15) is 0 Å². The first-order valence-electron chi connectivity index (χ1n) is 4.90. The van der Waals surface area contributed by atoms with Crippen molar-refractivity contribution in [1.82, 2.24) is 0 Å². The Labute approximate surface area is 83.9 Å². The van der Waals surface area contributed by atoms with Crippen molar-refractivity contribution >= 4 is 12.2 Å². The number of carbonyl (C=O) groups is 1. The van der Waals surface area contributed by atoms with Gasteiger partial charge in [0.2, 0.25) is 0 Å². The van der Waals surface area contributed by atoms with Crippen LogP contribution < -0.4 is 0 Å². The van der Waals surface area contributed by atoms with Gasteiger partial charge in [0.1, 0.15) is 6.61 Å². The molecule has 1 rings (SSSR count). The van der Waals surface area contributed by atoms with Crippen molar-refractivity contribution < 1.29 is 14.7 Å². The molecule has 0 unspecified atom stereocenters. The lowest BCUT2D eigenvalue weighted by Crippen LogP contribution is -2.03. The lowest BCUT2D eigenvalue weighted by Gasteiger charge is -1.96. The molecular formula is C10H17NO3. The third kappa shape index (κ3) is 2.05. The molecule has 4 heteroatoms. The number of hydrogen-bond acceptors (Lipinski definition) is 3. The van der Waals surface area contributed by atoms with Crippen LogP contribution in [0.1, 0.15) is 27.2 Å². The van der Waals surface area contributed by atoms with Gasteiger partial charge in [0, 0.05) is 12.1 Å². The number of aliphatic carboxylic acids is 1. The molecule has 1 saturated carbocycles. The van der Waals surface area contributed by atoms with E-state index in [1.807, 2.05) is 20.8 Å². The van der Waals surface area contributed by atoms with Gasteiger partial charge in [-0.15, -0.1) is 0 Å². The predicted molar refractivity (Wildman–Crippen MR) is 53.1 cm³/mol. The minimum atomic E-state index is -0.748. The van der Waals surface area contributed by atoms with Crippen LogP contribution in [0.15, 0.2) is 5.16 Å². The average Bonchev–Trinajstić information content (AvgIpc) is 2.62. The molecule has 0 aromatic heterocycles. The summed E-state index contributed by atoms with van der Waals surface area (Å²) in [6, 6.07) is 0. The van der Waals surface area contributed by atoms with Crippen LogP contribution in [-0.4, -0.2) is 23.9 Å². The topological polar surface area (TPSA) is 58.9 Å². The van der Waals surface area contributed by atoms with Gasteiger partial charge in [-0.05, 0) is 11.8 Å². The van der Waals surface area contributed by atoms with E-state index in [4.69, 9.17) is 9.94 Å². The second-order valence-electron chi connectivity index (χ2n) is 4.25. The summed E-state index contributed by atoms with van der Waals surface area (Å²) in [6.45, 7) is 6.45. The quantitative estimate of drug-likeness (QED) is 0.417. The molecule has 0 aliphatic heterocycles. The zero-order chi connectivity index (χ0) is 10.8. The Morgan fingerprint density at radius 3 is 2.71 bits per heavy atom. The summed E-state index contributed by atoms with van der Waals surface area (Å²) in [6.07, 6.45) is 2.53. The molecule has 0 amide bonds. The molecule has 1 aliphatic carbocycles. The van der Waals surface area contributed by atoms with Gasteiger partial charge in [0.15, 0.2) is 0 Å². The van der Waals surface area contributed by atoms with Crippen LogP contribution in [0, 0.1) is 17.3 Å². The molecule has 0 bridgehead atoms. The van der Waals surface area contributed by atoms with Gasteiger partial charge < -0.3 is 9.94 Å². The minimum Gasteiger partial charge on any atom is -0.481 e. The molecule has 0 radical (unpaired) electrons. The summed E-state index contributed by atoms with van der Waals surface area (Å²) < 4.78 is 0. The fourth-order valence-corrected chi connectivity index (χ4v) is 1.68. The molecule has 1 N–H and O–H groups in total. The fraction of sp³-hybridized carbons (Fsp3) is 0.800. The molecule has 80 valence electrons. The summed E-state index contributed by atoms with van der Waals surface area (Å²) in [5, 5.41) is 12.6. The first-order valence-corrected chi connectivity index (χ1v) is 4.90. The van der Waals surface area contributed by atoms with Crippen LogP contribution >= 0.6 is 0 Å². The van der Waals surface area contributed by atoms with Gasteiger partial charge >= 0.3 is 5.97 Å². The first-order chi connectivity index (χ1) is 6.51. The molecule has 2 atom stereocenters. The van der Waals surface area contributed by atoms with Crippen molar-refractivity contribution in [3.05, 3.63) is 0 Å². The van der Waals surface area contributed by atoms with E-state index in [1.165, 1.54) is 0 Å². The Morgan fingerprint density at radius 2 is 2.29 bits per heavy atom. The Hall–Kier alpha value is -1.06. The summed E-state index contributed by atoms with van der Waals surface area (Å²) in [4.78, 5) is 15.7. The van der Waals surface area contributed by atoms with Crippen LogP contribution in [0.2, 0.25) is 0 Å². The Balaban J connectivity index is 2.41. The highest BCUT2D eigenvalue weighted by atomic mass is 16.6. The second-order valence-corrected chi connectivity index (χ2v) is 4.25. The zero-order valence-corrected chi connectivity index (χ0v) is 8.86. The number of hydrogen-bond donors (Lipinski definition) is 1. The number of rotatable bonds is 5. The molecular weight excluding hydrogens is 182 g/mol. The number of oxime groups is 1. The highest BCUT2D eigenvalue weighted by Gasteiger charge is 2.61. The molecule has 0 spiro atoms. The van der Waals surface area contributed by atoms with Crippen molar-refractivity contribution in [2.24, 2.45) is 22.4 Å². The summed E-state index contributed by atoms with van der Waals surface area (Å²) >= 11 is 0. The Kier molecular flexibility index (Phi) is 3.13. The lowest BCUT2D eigenvalue weighted by atomic mass is 10.1. The summed E-state index contributed by atoms with van der Waals surface area (Å²) in [5.41, 5.74) is -0.176.